The number of hydrogen-bond donors (Lipinski definition) is 1. The highest BCUT2D eigenvalue weighted by Gasteiger charge is 2.44. The van der Waals surface area contributed by atoms with Crippen LogP contribution >= 0.6 is 11.3 Å². The van der Waals surface area contributed by atoms with E-state index in [-0.39, 0.29) is 19.4 Å². The van der Waals surface area contributed by atoms with E-state index in [4.69, 9.17) is 9.73 Å². The summed E-state index contributed by atoms with van der Waals surface area (Å²) in [6.45, 7) is 0.353. The van der Waals surface area contributed by atoms with E-state index in [1.54, 1.807) is 34.1 Å². The fourth-order valence-corrected chi connectivity index (χ4v) is 5.09. The highest BCUT2D eigenvalue weighted by atomic mass is 32.1. The smallest absolute Gasteiger partial charge is 0.282 e. The largest absolute Gasteiger partial charge is 0.497 e. The van der Waals surface area contributed by atoms with E-state index in [1.165, 1.54) is 0 Å². The van der Waals surface area contributed by atoms with E-state index in [0.29, 0.717) is 30.4 Å². The van der Waals surface area contributed by atoms with Crippen LogP contribution in [-0.4, -0.2) is 58.6 Å². The molecule has 6 rings (SSSR count). The normalized spacial score (nSPS) is 18.0. The Bertz CT molecular complexity index is 1410. The van der Waals surface area contributed by atoms with Gasteiger partial charge in [0, 0.05) is 12.8 Å². The van der Waals surface area contributed by atoms with Crippen LogP contribution in [0.4, 0.5) is 26.1 Å². The Morgan fingerprint density at radius 2 is 1.95 bits per heavy atom. The number of pyridine rings is 1. The second-order valence-electron chi connectivity index (χ2n) is 8.89. The first-order chi connectivity index (χ1) is 18.0. The minimum atomic E-state index is -2.64. The maximum Gasteiger partial charge on any atom is 0.282 e. The van der Waals surface area contributed by atoms with Gasteiger partial charge in [0.25, 0.3) is 5.92 Å². The van der Waals surface area contributed by atoms with E-state index in [1.807, 2.05) is 65.2 Å². The number of alkyl halides is 2. The van der Waals surface area contributed by atoms with Crippen molar-refractivity contribution in [2.75, 3.05) is 30.0 Å². The molecule has 5 heterocycles. The molecular formula is C25H24F2N8OS. The van der Waals surface area contributed by atoms with E-state index in [0.717, 1.165) is 21.9 Å². The van der Waals surface area contributed by atoms with Crippen molar-refractivity contribution in [3.05, 3.63) is 76.2 Å². The summed E-state index contributed by atoms with van der Waals surface area (Å²) >= 11 is 1.61. The standard InChI is InChI=1S/C25H24F2N8OS/c1-36-19-7-5-17(6-8-19)11-28-24-29-12-21-20(9-10-37-21)35(24)23-14-34(32-31-23)13-18-3-2-4-22(30-18)33-15-25(26,27)16-33/h2-10,12,14,24,28H,11,13,15-16H2,1H3. The predicted octanol–water partition coefficient (Wildman–Crippen LogP) is 3.89. The Morgan fingerprint density at radius 1 is 1.11 bits per heavy atom. The number of halogens is 2. The van der Waals surface area contributed by atoms with Crippen LogP contribution in [-0.2, 0) is 13.1 Å². The van der Waals surface area contributed by atoms with Gasteiger partial charge in [-0.1, -0.05) is 23.4 Å². The average molecular weight is 523 g/mol. The third-order valence-corrected chi connectivity index (χ3v) is 7.06. The molecule has 37 heavy (non-hydrogen) atoms. The topological polar surface area (TPSA) is 83.7 Å². The fraction of sp³-hybridized carbons (Fsp3) is 0.280. The summed E-state index contributed by atoms with van der Waals surface area (Å²) in [4.78, 5) is 13.9. The molecule has 1 atom stereocenters. The van der Waals surface area contributed by atoms with Gasteiger partial charge in [-0.3, -0.25) is 15.2 Å². The Hall–Kier alpha value is -3.90. The summed E-state index contributed by atoms with van der Waals surface area (Å²) in [7, 11) is 1.65. The molecule has 0 radical (unpaired) electrons. The van der Waals surface area contributed by atoms with Crippen molar-refractivity contribution in [3.63, 3.8) is 0 Å². The molecule has 1 aromatic carbocycles. The van der Waals surface area contributed by atoms with Crippen molar-refractivity contribution >= 4 is 34.9 Å². The number of methoxy groups -OCH3 is 1. The Balaban J connectivity index is 1.19. The number of benzene rings is 1. The SMILES string of the molecule is COc1ccc(CNC2N=Cc3sccc3N2c2cn(Cc3cccc(N4CC(F)(F)C4)n3)nn2)cc1. The highest BCUT2D eigenvalue weighted by molar-refractivity contribution is 7.12. The van der Waals surface area contributed by atoms with Gasteiger partial charge in [-0.15, -0.1) is 16.4 Å². The molecule has 0 spiro atoms. The van der Waals surface area contributed by atoms with Crippen LogP contribution in [0, 0.1) is 0 Å². The van der Waals surface area contributed by atoms with Crippen molar-refractivity contribution in [1.29, 1.82) is 0 Å². The average Bonchev–Trinajstić information content (AvgIpc) is 3.56. The lowest BCUT2D eigenvalue weighted by Gasteiger charge is -2.39. The second-order valence-corrected chi connectivity index (χ2v) is 9.84. The molecule has 2 aliphatic heterocycles. The first-order valence-corrected chi connectivity index (χ1v) is 12.6. The summed E-state index contributed by atoms with van der Waals surface area (Å²) in [6.07, 6.45) is 3.35. The molecule has 4 aromatic rings. The molecule has 0 saturated carbocycles. The van der Waals surface area contributed by atoms with Crippen LogP contribution in [0.1, 0.15) is 16.1 Å². The van der Waals surface area contributed by atoms with Crippen molar-refractivity contribution in [2.45, 2.75) is 25.3 Å². The number of nitrogens with one attached hydrogen (secondary N) is 1. The molecule has 0 bridgehead atoms. The lowest BCUT2D eigenvalue weighted by Crippen LogP contribution is -2.56. The zero-order valence-electron chi connectivity index (χ0n) is 20.0. The first-order valence-electron chi connectivity index (χ1n) is 11.7. The van der Waals surface area contributed by atoms with Gasteiger partial charge < -0.3 is 9.64 Å². The van der Waals surface area contributed by atoms with Crippen LogP contribution in [0.3, 0.4) is 0 Å². The number of rotatable bonds is 8. The first kappa shape index (κ1) is 23.5. The quantitative estimate of drug-likeness (QED) is 0.376. The van der Waals surface area contributed by atoms with Crippen molar-refractivity contribution in [3.8, 4) is 5.75 Å². The van der Waals surface area contributed by atoms with E-state index in [2.05, 4.69) is 20.6 Å². The minimum absolute atomic E-state index is 0.305. The van der Waals surface area contributed by atoms with E-state index < -0.39 is 5.92 Å². The second kappa shape index (κ2) is 9.52. The number of aliphatic imine (C=N–C) groups is 1. The van der Waals surface area contributed by atoms with Gasteiger partial charge in [0.2, 0.25) is 0 Å². The Kier molecular flexibility index (Phi) is 6.05. The van der Waals surface area contributed by atoms with Gasteiger partial charge in [-0.2, -0.15) is 0 Å². The zero-order valence-corrected chi connectivity index (χ0v) is 20.8. The zero-order chi connectivity index (χ0) is 25.4. The number of nitrogens with zero attached hydrogens (tertiary/aromatic N) is 7. The minimum Gasteiger partial charge on any atom is -0.497 e. The monoisotopic (exact) mass is 522 g/mol. The number of hydrogen-bond acceptors (Lipinski definition) is 9. The van der Waals surface area contributed by atoms with Crippen LogP contribution in [0.15, 0.2) is 65.1 Å². The molecule has 0 amide bonds. The Morgan fingerprint density at radius 3 is 2.73 bits per heavy atom. The van der Waals surface area contributed by atoms with Crippen LogP contribution in [0.2, 0.25) is 0 Å². The van der Waals surface area contributed by atoms with Crippen LogP contribution in [0.25, 0.3) is 0 Å². The van der Waals surface area contributed by atoms with Gasteiger partial charge in [0.15, 0.2) is 12.1 Å². The van der Waals surface area contributed by atoms with Gasteiger partial charge in [0.05, 0.1) is 49.2 Å². The van der Waals surface area contributed by atoms with Crippen molar-refractivity contribution < 1.29 is 13.5 Å². The number of aromatic nitrogens is 4. The van der Waals surface area contributed by atoms with Crippen LogP contribution in [0.5, 0.6) is 5.75 Å². The Labute approximate surface area is 216 Å². The molecule has 9 nitrogen and oxygen atoms in total. The number of ether oxygens (including phenoxy) is 1. The summed E-state index contributed by atoms with van der Waals surface area (Å²) in [5, 5.41) is 14.2. The molecule has 0 aliphatic carbocycles. The molecule has 1 saturated heterocycles. The molecule has 1 fully saturated rings. The van der Waals surface area contributed by atoms with Gasteiger partial charge in [-0.05, 0) is 41.3 Å². The molecule has 190 valence electrons. The number of anilines is 3. The lowest BCUT2D eigenvalue weighted by atomic mass is 10.1. The summed E-state index contributed by atoms with van der Waals surface area (Å²) in [5.41, 5.74) is 2.81. The number of fused-ring (bicyclic) bond motifs is 1. The van der Waals surface area contributed by atoms with Gasteiger partial charge in [0.1, 0.15) is 11.6 Å². The van der Waals surface area contributed by atoms with E-state index in [9.17, 15) is 8.78 Å². The van der Waals surface area contributed by atoms with Crippen molar-refractivity contribution in [2.24, 2.45) is 4.99 Å². The molecular weight excluding hydrogens is 498 g/mol. The maximum absolute atomic E-state index is 13.3. The molecule has 1 N–H and O–H groups in total. The van der Waals surface area contributed by atoms with E-state index >= 15 is 0 Å². The van der Waals surface area contributed by atoms with Gasteiger partial charge in [-0.25, -0.2) is 18.4 Å². The third kappa shape index (κ3) is 4.89. The summed E-state index contributed by atoms with van der Waals surface area (Å²) in [6, 6.07) is 15.3. The molecule has 2 aliphatic rings. The molecule has 12 heteroatoms. The highest BCUT2D eigenvalue weighted by Crippen LogP contribution is 2.35. The summed E-state index contributed by atoms with van der Waals surface area (Å²) in [5.74, 6) is -0.654. The molecule has 3 aromatic heterocycles. The van der Waals surface area contributed by atoms with Crippen molar-refractivity contribution in [1.82, 2.24) is 25.3 Å². The molecule has 1 unspecified atom stereocenters. The van der Waals surface area contributed by atoms with Crippen LogP contribution < -0.4 is 19.9 Å². The lowest BCUT2D eigenvalue weighted by molar-refractivity contribution is -0.0267. The predicted molar refractivity (Wildman–Crippen MR) is 138 cm³/mol. The third-order valence-electron chi connectivity index (χ3n) is 6.22. The summed E-state index contributed by atoms with van der Waals surface area (Å²) < 4.78 is 33.5. The number of thiophene rings is 1. The fourth-order valence-electron chi connectivity index (χ4n) is 4.34. The van der Waals surface area contributed by atoms with Gasteiger partial charge >= 0.3 is 0 Å². The maximum atomic E-state index is 13.3.